The van der Waals surface area contributed by atoms with Crippen LogP contribution in [0.3, 0.4) is 0 Å². The van der Waals surface area contributed by atoms with Crippen LogP contribution in [0.4, 0.5) is 0 Å². The molecule has 0 atom stereocenters. The Morgan fingerprint density at radius 2 is 2.00 bits per heavy atom. The van der Waals surface area contributed by atoms with E-state index in [1.54, 1.807) is 0 Å². The van der Waals surface area contributed by atoms with Crippen molar-refractivity contribution in [1.82, 2.24) is 4.57 Å². The van der Waals surface area contributed by atoms with Gasteiger partial charge in [-0.3, -0.25) is 4.18 Å². The van der Waals surface area contributed by atoms with E-state index in [0.29, 0.717) is 0 Å². The Balaban J connectivity index is 0.000000360. The van der Waals surface area contributed by atoms with Crippen LogP contribution in [0.15, 0.2) is 18.7 Å². The highest BCUT2D eigenvalue weighted by atomic mass is 32.3. The fourth-order valence-electron chi connectivity index (χ4n) is 1.24. The molecule has 0 aliphatic heterocycles. The van der Waals surface area contributed by atoms with Crippen LogP contribution < -0.4 is 4.57 Å². The molecule has 0 spiro atoms. The summed E-state index contributed by atoms with van der Waals surface area (Å²) in [5, 5.41) is 0. The molecule has 0 radical (unpaired) electrons. The molecule has 106 valence electrons. The quantitative estimate of drug-likeness (QED) is 0.443. The number of unbranched alkanes of at least 4 members (excludes halogenated alkanes) is 1. The lowest BCUT2D eigenvalue weighted by molar-refractivity contribution is -0.696. The van der Waals surface area contributed by atoms with E-state index < -0.39 is 10.4 Å². The molecule has 0 N–H and O–H groups in total. The normalized spacial score (nSPS) is 10.9. The summed E-state index contributed by atoms with van der Waals surface area (Å²) in [5.74, 6) is 0. The largest absolute Gasteiger partial charge is 0.726 e. The van der Waals surface area contributed by atoms with Crippen LogP contribution in [0.5, 0.6) is 0 Å². The monoisotopic (exact) mass is 278 g/mol. The minimum absolute atomic E-state index is 0.0914. The second kappa shape index (κ2) is 9.07. The van der Waals surface area contributed by atoms with Crippen molar-refractivity contribution in [2.24, 2.45) is 0 Å². The van der Waals surface area contributed by atoms with E-state index in [1.807, 2.05) is 0 Å². The third-order valence-corrected chi connectivity index (χ3v) is 2.67. The van der Waals surface area contributed by atoms with Crippen molar-refractivity contribution in [1.29, 1.82) is 0 Å². The van der Waals surface area contributed by atoms with E-state index in [9.17, 15) is 13.0 Å². The van der Waals surface area contributed by atoms with E-state index in [2.05, 4.69) is 45.9 Å². The summed E-state index contributed by atoms with van der Waals surface area (Å²) in [6.45, 7) is 7.94. The minimum atomic E-state index is -4.42. The van der Waals surface area contributed by atoms with Gasteiger partial charge in [0, 0.05) is 0 Å². The molecule has 0 aromatic carbocycles. The number of aryl methyl sites for hydroxylation is 2. The predicted molar refractivity (Wildman–Crippen MR) is 66.5 cm³/mol. The number of imidazole rings is 1. The van der Waals surface area contributed by atoms with Gasteiger partial charge in [0.05, 0.1) is 19.7 Å². The molecule has 1 heterocycles. The highest BCUT2D eigenvalue weighted by Crippen LogP contribution is 1.87. The maximum atomic E-state index is 9.45. The molecule has 0 fully saturated rings. The fraction of sp³-hybridized carbons (Fsp3) is 0.727. The van der Waals surface area contributed by atoms with Gasteiger partial charge in [0.2, 0.25) is 16.7 Å². The van der Waals surface area contributed by atoms with Crippen molar-refractivity contribution in [2.45, 2.75) is 46.7 Å². The Morgan fingerprint density at radius 3 is 2.33 bits per heavy atom. The molecule has 1 aromatic rings. The molecule has 7 heteroatoms. The van der Waals surface area contributed by atoms with Gasteiger partial charge in [0.15, 0.2) is 0 Å². The standard InChI is InChI=1S/C9H17N2.C2H6O4S/c1-3-5-6-11-8-7-10(4-2)9-11;1-2-6-7(3,4)5/h7-9H,3-6H2,1-2H3;2H2,1H3,(H,3,4,5)/q+1;/p-1. The second-order valence-electron chi connectivity index (χ2n) is 3.65. The molecular weight excluding hydrogens is 256 g/mol. The van der Waals surface area contributed by atoms with Crippen LogP contribution >= 0.6 is 0 Å². The van der Waals surface area contributed by atoms with Gasteiger partial charge < -0.3 is 4.55 Å². The number of rotatable bonds is 6. The highest BCUT2D eigenvalue weighted by Gasteiger charge is 1.99. The van der Waals surface area contributed by atoms with Crippen LogP contribution in [0.25, 0.3) is 0 Å². The van der Waals surface area contributed by atoms with Crippen molar-refractivity contribution in [3.05, 3.63) is 18.7 Å². The third-order valence-electron chi connectivity index (χ3n) is 2.14. The summed E-state index contributed by atoms with van der Waals surface area (Å²) in [6.07, 6.45) is 8.97. The highest BCUT2D eigenvalue weighted by molar-refractivity contribution is 7.80. The van der Waals surface area contributed by atoms with E-state index in [1.165, 1.54) is 19.8 Å². The zero-order chi connectivity index (χ0) is 14.0. The van der Waals surface area contributed by atoms with Gasteiger partial charge in [-0.1, -0.05) is 13.3 Å². The average molecular weight is 278 g/mol. The summed E-state index contributed by atoms with van der Waals surface area (Å²) in [5.41, 5.74) is 0. The van der Waals surface area contributed by atoms with Crippen LogP contribution in [-0.4, -0.2) is 24.1 Å². The summed E-state index contributed by atoms with van der Waals surface area (Å²) in [6, 6.07) is 0. The smallest absolute Gasteiger partial charge is 0.243 e. The molecule has 0 saturated carbocycles. The number of hydrogen-bond donors (Lipinski definition) is 0. The van der Waals surface area contributed by atoms with Crippen molar-refractivity contribution in [3.63, 3.8) is 0 Å². The minimum Gasteiger partial charge on any atom is -0.726 e. The van der Waals surface area contributed by atoms with E-state index >= 15 is 0 Å². The van der Waals surface area contributed by atoms with Gasteiger partial charge in [-0.25, -0.2) is 17.6 Å². The molecule has 0 unspecified atom stereocenters. The van der Waals surface area contributed by atoms with E-state index in [0.717, 1.165) is 13.1 Å². The first-order valence-electron chi connectivity index (χ1n) is 6.08. The first-order valence-corrected chi connectivity index (χ1v) is 7.41. The Kier molecular flexibility index (Phi) is 8.61. The number of nitrogens with zero attached hydrogens (tertiary/aromatic N) is 2. The summed E-state index contributed by atoms with van der Waals surface area (Å²) < 4.78 is 36.4. The van der Waals surface area contributed by atoms with E-state index in [4.69, 9.17) is 0 Å². The summed E-state index contributed by atoms with van der Waals surface area (Å²) in [4.78, 5) is 0. The summed E-state index contributed by atoms with van der Waals surface area (Å²) in [7, 11) is -4.42. The van der Waals surface area contributed by atoms with Crippen LogP contribution in [0.1, 0.15) is 33.6 Å². The van der Waals surface area contributed by atoms with Crippen molar-refractivity contribution >= 4 is 10.4 Å². The van der Waals surface area contributed by atoms with Gasteiger partial charge in [-0.05, 0) is 20.3 Å². The van der Waals surface area contributed by atoms with Gasteiger partial charge in [0.1, 0.15) is 12.4 Å². The topological polar surface area (TPSA) is 75.2 Å². The molecule has 0 bridgehead atoms. The Bertz CT molecular complexity index is 414. The number of aromatic nitrogens is 2. The first-order chi connectivity index (χ1) is 8.42. The Hall–Kier alpha value is -0.920. The third kappa shape index (κ3) is 9.15. The molecule has 0 saturated heterocycles. The lowest BCUT2D eigenvalue weighted by atomic mass is 10.3. The lowest BCUT2D eigenvalue weighted by Gasteiger charge is -2.02. The average Bonchev–Trinajstić information content (AvgIpc) is 2.73. The van der Waals surface area contributed by atoms with Crippen LogP contribution in [0, 0.1) is 0 Å². The van der Waals surface area contributed by atoms with Crippen LogP contribution in [-0.2, 0) is 27.7 Å². The molecular formula is C11H22N2O4S. The zero-order valence-corrected chi connectivity index (χ0v) is 12.0. The Labute approximate surface area is 109 Å². The summed E-state index contributed by atoms with van der Waals surface area (Å²) >= 11 is 0. The van der Waals surface area contributed by atoms with Gasteiger partial charge >= 0.3 is 0 Å². The predicted octanol–water partition coefficient (Wildman–Crippen LogP) is 1.08. The van der Waals surface area contributed by atoms with Crippen molar-refractivity contribution in [3.8, 4) is 0 Å². The van der Waals surface area contributed by atoms with Crippen molar-refractivity contribution in [2.75, 3.05) is 6.61 Å². The molecule has 0 aliphatic carbocycles. The molecule has 6 nitrogen and oxygen atoms in total. The van der Waals surface area contributed by atoms with Gasteiger partial charge in [0.25, 0.3) is 0 Å². The maximum absolute atomic E-state index is 9.45. The number of hydrogen-bond acceptors (Lipinski definition) is 4. The molecule has 1 rings (SSSR count). The molecule has 18 heavy (non-hydrogen) atoms. The van der Waals surface area contributed by atoms with Crippen molar-refractivity contribution < 1.29 is 21.7 Å². The zero-order valence-electron chi connectivity index (χ0n) is 11.2. The lowest BCUT2D eigenvalue weighted by Crippen LogP contribution is -2.30. The fourth-order valence-corrected chi connectivity index (χ4v) is 1.53. The second-order valence-corrected chi connectivity index (χ2v) is 4.70. The maximum Gasteiger partial charge on any atom is 0.243 e. The SMILES string of the molecule is CCCC[n+]1ccn(CC)c1.CCOS(=O)(=O)[O-]. The Morgan fingerprint density at radius 1 is 1.33 bits per heavy atom. The first kappa shape index (κ1) is 17.1. The molecule has 0 amide bonds. The van der Waals surface area contributed by atoms with Crippen LogP contribution in [0.2, 0.25) is 0 Å². The molecule has 1 aromatic heterocycles. The van der Waals surface area contributed by atoms with E-state index in [-0.39, 0.29) is 6.61 Å². The molecule has 0 aliphatic rings. The van der Waals surface area contributed by atoms with Gasteiger partial charge in [-0.2, -0.15) is 0 Å². The van der Waals surface area contributed by atoms with Gasteiger partial charge in [-0.15, -0.1) is 0 Å².